The van der Waals surface area contributed by atoms with Crippen molar-refractivity contribution in [3.63, 3.8) is 0 Å². The summed E-state index contributed by atoms with van der Waals surface area (Å²) in [6.07, 6.45) is -4.70. The average Bonchev–Trinajstić information content (AvgIpc) is 2.80. The van der Waals surface area contributed by atoms with E-state index in [1.54, 1.807) is 19.9 Å². The third kappa shape index (κ3) is 7.02. The van der Waals surface area contributed by atoms with Crippen LogP contribution in [0.25, 0.3) is 11.0 Å². The fourth-order valence-electron chi connectivity index (χ4n) is 4.14. The number of ether oxygens (including phenoxy) is 1. The van der Waals surface area contributed by atoms with Crippen LogP contribution >= 0.6 is 0 Å². The molecule has 1 aromatic heterocycles. The lowest BCUT2D eigenvalue weighted by atomic mass is 9.95. The standard InChI is InChI=1S/C27H30F3NO6S/c1-15(2)9-23(31-38(34,35)20-8-6-7-19(12-20)27(28,29)30)26(33)36-14-18-11-25(32)37-24-10-17(5)21(16(3)4)13-22(18)24/h6-8,10-13,15-16,23,31H,9,14H2,1-5H3/t23-/m1/s1. The third-order valence-electron chi connectivity index (χ3n) is 5.97. The van der Waals surface area contributed by atoms with E-state index in [4.69, 9.17) is 9.15 Å². The quantitative estimate of drug-likeness (QED) is 0.270. The fraction of sp³-hybridized carbons (Fsp3) is 0.407. The van der Waals surface area contributed by atoms with Crippen molar-refractivity contribution in [1.82, 2.24) is 4.72 Å². The molecule has 0 aliphatic carbocycles. The Morgan fingerprint density at radius 1 is 1.08 bits per heavy atom. The summed E-state index contributed by atoms with van der Waals surface area (Å²) in [5, 5.41) is 0.580. The molecule has 2 aromatic carbocycles. The number of benzene rings is 2. The molecule has 0 fully saturated rings. The number of esters is 1. The molecule has 1 atom stereocenters. The number of sulfonamides is 1. The van der Waals surface area contributed by atoms with Crippen LogP contribution in [0.15, 0.2) is 56.6 Å². The molecule has 1 N–H and O–H groups in total. The Morgan fingerprint density at radius 3 is 2.37 bits per heavy atom. The van der Waals surface area contributed by atoms with Gasteiger partial charge in [-0.3, -0.25) is 4.79 Å². The summed E-state index contributed by atoms with van der Waals surface area (Å²) in [4.78, 5) is 24.5. The van der Waals surface area contributed by atoms with Gasteiger partial charge in [-0.25, -0.2) is 13.2 Å². The maximum absolute atomic E-state index is 13.1. The Morgan fingerprint density at radius 2 is 1.76 bits per heavy atom. The van der Waals surface area contributed by atoms with Crippen molar-refractivity contribution >= 4 is 27.0 Å². The van der Waals surface area contributed by atoms with Crippen LogP contribution in [0.2, 0.25) is 0 Å². The summed E-state index contributed by atoms with van der Waals surface area (Å²) in [6.45, 7) is 9.10. The van der Waals surface area contributed by atoms with Crippen LogP contribution in [0.5, 0.6) is 0 Å². The molecule has 1 heterocycles. The van der Waals surface area contributed by atoms with E-state index >= 15 is 0 Å². The van der Waals surface area contributed by atoms with Gasteiger partial charge >= 0.3 is 17.8 Å². The van der Waals surface area contributed by atoms with Crippen LogP contribution in [-0.4, -0.2) is 20.4 Å². The molecule has 206 valence electrons. The Balaban J connectivity index is 1.88. The van der Waals surface area contributed by atoms with Crippen molar-refractivity contribution in [3.8, 4) is 0 Å². The highest BCUT2D eigenvalue weighted by Gasteiger charge is 2.33. The Bertz CT molecular complexity index is 1490. The molecule has 0 aliphatic rings. The van der Waals surface area contributed by atoms with E-state index in [9.17, 15) is 31.2 Å². The Hall–Kier alpha value is -3.18. The van der Waals surface area contributed by atoms with Crippen LogP contribution in [0.3, 0.4) is 0 Å². The minimum Gasteiger partial charge on any atom is -0.460 e. The molecule has 0 unspecified atom stereocenters. The number of fused-ring (bicyclic) bond motifs is 1. The molecule has 0 radical (unpaired) electrons. The highest BCUT2D eigenvalue weighted by atomic mass is 32.2. The maximum Gasteiger partial charge on any atom is 0.416 e. The van der Waals surface area contributed by atoms with Gasteiger partial charge in [0.05, 0.1) is 10.5 Å². The van der Waals surface area contributed by atoms with Crippen molar-refractivity contribution in [3.05, 3.63) is 75.1 Å². The van der Waals surface area contributed by atoms with Crippen molar-refractivity contribution in [1.29, 1.82) is 0 Å². The lowest BCUT2D eigenvalue weighted by molar-refractivity contribution is -0.147. The SMILES string of the molecule is Cc1cc2oc(=O)cc(COC(=O)[C@@H](CC(C)C)NS(=O)(=O)c3cccc(C(F)(F)F)c3)c2cc1C(C)C. The summed E-state index contributed by atoms with van der Waals surface area (Å²) < 4.78 is 78.0. The second kappa shape index (κ2) is 11.3. The van der Waals surface area contributed by atoms with Crippen LogP contribution in [0, 0.1) is 12.8 Å². The van der Waals surface area contributed by atoms with Crippen molar-refractivity contribution in [2.75, 3.05) is 0 Å². The largest absolute Gasteiger partial charge is 0.460 e. The number of aryl methyl sites for hydroxylation is 1. The molecule has 3 rings (SSSR count). The van der Waals surface area contributed by atoms with Gasteiger partial charge in [0.2, 0.25) is 10.0 Å². The fourth-order valence-corrected chi connectivity index (χ4v) is 5.38. The second-order valence-electron chi connectivity index (χ2n) is 9.89. The molecule has 38 heavy (non-hydrogen) atoms. The van der Waals surface area contributed by atoms with Gasteiger partial charge in [-0.05, 0) is 66.6 Å². The zero-order valence-electron chi connectivity index (χ0n) is 21.7. The lowest BCUT2D eigenvalue weighted by Gasteiger charge is -2.20. The summed E-state index contributed by atoms with van der Waals surface area (Å²) >= 11 is 0. The van der Waals surface area contributed by atoms with E-state index in [0.717, 1.165) is 29.3 Å². The van der Waals surface area contributed by atoms with Gasteiger partial charge in [0.1, 0.15) is 18.2 Å². The molecule has 11 heteroatoms. The predicted octanol–water partition coefficient (Wildman–Crippen LogP) is 5.68. The number of nitrogens with one attached hydrogen (secondary N) is 1. The van der Waals surface area contributed by atoms with E-state index in [1.807, 2.05) is 26.8 Å². The first-order valence-electron chi connectivity index (χ1n) is 12.0. The molecule has 7 nitrogen and oxygen atoms in total. The van der Waals surface area contributed by atoms with E-state index in [-0.39, 0.29) is 24.9 Å². The number of hydrogen-bond donors (Lipinski definition) is 1. The summed E-state index contributed by atoms with van der Waals surface area (Å²) in [7, 11) is -4.49. The minimum atomic E-state index is -4.74. The number of halogens is 3. The van der Waals surface area contributed by atoms with Crippen LogP contribution in [-0.2, 0) is 32.3 Å². The zero-order valence-corrected chi connectivity index (χ0v) is 22.5. The van der Waals surface area contributed by atoms with Crippen LogP contribution in [0.1, 0.15) is 62.3 Å². The van der Waals surface area contributed by atoms with Crippen molar-refractivity contribution in [2.45, 2.75) is 70.7 Å². The smallest absolute Gasteiger partial charge is 0.416 e. The van der Waals surface area contributed by atoms with Gasteiger partial charge in [-0.1, -0.05) is 33.8 Å². The first kappa shape index (κ1) is 29.4. The lowest BCUT2D eigenvalue weighted by Crippen LogP contribution is -2.42. The molecule has 0 saturated carbocycles. The molecule has 0 saturated heterocycles. The Kier molecular flexibility index (Phi) is 8.72. The number of carbonyl (C=O) groups is 1. The molecule has 0 amide bonds. The molecule has 0 spiro atoms. The molecule has 0 aliphatic heterocycles. The number of carbonyl (C=O) groups excluding carboxylic acids is 1. The zero-order chi connectivity index (χ0) is 28.4. The topological polar surface area (TPSA) is 103 Å². The highest BCUT2D eigenvalue weighted by Crippen LogP contribution is 2.31. The second-order valence-corrected chi connectivity index (χ2v) is 11.6. The summed E-state index contributed by atoms with van der Waals surface area (Å²) in [6, 6.07) is 6.70. The van der Waals surface area contributed by atoms with Gasteiger partial charge in [0.15, 0.2) is 0 Å². The number of hydrogen-bond acceptors (Lipinski definition) is 6. The first-order chi connectivity index (χ1) is 17.6. The van der Waals surface area contributed by atoms with Gasteiger partial charge < -0.3 is 9.15 Å². The number of alkyl halides is 3. The highest BCUT2D eigenvalue weighted by molar-refractivity contribution is 7.89. The van der Waals surface area contributed by atoms with Gasteiger partial charge in [0, 0.05) is 17.0 Å². The van der Waals surface area contributed by atoms with Crippen LogP contribution in [0.4, 0.5) is 13.2 Å². The molecule has 3 aromatic rings. The van der Waals surface area contributed by atoms with E-state index in [2.05, 4.69) is 4.72 Å². The van der Waals surface area contributed by atoms with Crippen LogP contribution < -0.4 is 10.3 Å². The normalized spacial score (nSPS) is 13.3. The van der Waals surface area contributed by atoms with Gasteiger partial charge in [0.25, 0.3) is 0 Å². The van der Waals surface area contributed by atoms with Gasteiger partial charge in [-0.15, -0.1) is 0 Å². The first-order valence-corrected chi connectivity index (χ1v) is 13.5. The average molecular weight is 554 g/mol. The van der Waals surface area contributed by atoms with Gasteiger partial charge in [-0.2, -0.15) is 17.9 Å². The summed E-state index contributed by atoms with van der Waals surface area (Å²) in [5.74, 6) is -0.896. The van der Waals surface area contributed by atoms with E-state index in [0.29, 0.717) is 22.6 Å². The maximum atomic E-state index is 13.1. The molecular weight excluding hydrogens is 523 g/mol. The minimum absolute atomic E-state index is 0.0331. The monoisotopic (exact) mass is 553 g/mol. The Labute approximate surface area is 219 Å². The van der Waals surface area contributed by atoms with Crippen molar-refractivity contribution < 1.29 is 35.5 Å². The van der Waals surface area contributed by atoms with E-state index in [1.165, 1.54) is 6.07 Å². The predicted molar refractivity (Wildman–Crippen MR) is 136 cm³/mol. The molecule has 0 bridgehead atoms. The third-order valence-corrected chi connectivity index (χ3v) is 7.44. The van der Waals surface area contributed by atoms with E-state index < -0.39 is 44.3 Å². The molecular formula is C27H30F3NO6S. The number of rotatable bonds is 9. The summed E-state index contributed by atoms with van der Waals surface area (Å²) in [5.41, 5.74) is 0.902. The van der Waals surface area contributed by atoms with Crippen molar-refractivity contribution in [2.24, 2.45) is 5.92 Å².